The molecule has 0 saturated heterocycles. The van der Waals surface area contributed by atoms with Crippen molar-refractivity contribution in [1.82, 2.24) is 0 Å². The first-order valence-electron chi connectivity index (χ1n) is 5.93. The zero-order valence-electron chi connectivity index (χ0n) is 10.4. The van der Waals surface area contributed by atoms with E-state index in [0.717, 1.165) is 5.76 Å². The number of rotatable bonds is 5. The molecule has 0 aliphatic heterocycles. The fourth-order valence-corrected chi connectivity index (χ4v) is 1.72. The molecule has 0 fully saturated rings. The van der Waals surface area contributed by atoms with Gasteiger partial charge < -0.3 is 14.5 Å². The Morgan fingerprint density at radius 3 is 2.83 bits per heavy atom. The first kappa shape index (κ1) is 12.5. The number of hydrogen-bond donors (Lipinski definition) is 1. The van der Waals surface area contributed by atoms with Crippen LogP contribution in [0.15, 0.2) is 41.0 Å². The second-order valence-electron chi connectivity index (χ2n) is 3.96. The molecule has 2 rings (SSSR count). The summed E-state index contributed by atoms with van der Waals surface area (Å²) in [6.45, 7) is 4.23. The van der Waals surface area contributed by atoms with E-state index < -0.39 is 0 Å². The minimum Gasteiger partial charge on any atom is -0.491 e. The van der Waals surface area contributed by atoms with Gasteiger partial charge in [0.1, 0.15) is 5.76 Å². The van der Waals surface area contributed by atoms with Crippen LogP contribution in [0.5, 0.6) is 5.75 Å². The zero-order valence-corrected chi connectivity index (χ0v) is 10.4. The van der Waals surface area contributed by atoms with E-state index in [2.05, 4.69) is 5.32 Å². The Labute approximate surface area is 106 Å². The summed E-state index contributed by atoms with van der Waals surface area (Å²) >= 11 is 0. The zero-order chi connectivity index (χ0) is 13.0. The molecule has 0 amide bonds. The van der Waals surface area contributed by atoms with E-state index in [1.165, 1.54) is 6.07 Å². The molecule has 0 bridgehead atoms. The van der Waals surface area contributed by atoms with Crippen LogP contribution in [0, 0.1) is 5.82 Å². The van der Waals surface area contributed by atoms with Gasteiger partial charge in [-0.2, -0.15) is 0 Å². The van der Waals surface area contributed by atoms with Gasteiger partial charge in [-0.3, -0.25) is 0 Å². The van der Waals surface area contributed by atoms with Crippen LogP contribution in [0.2, 0.25) is 0 Å². The van der Waals surface area contributed by atoms with Crippen LogP contribution in [-0.2, 0) is 0 Å². The summed E-state index contributed by atoms with van der Waals surface area (Å²) < 4.78 is 24.1. The van der Waals surface area contributed by atoms with Crippen LogP contribution in [0.1, 0.15) is 25.6 Å². The van der Waals surface area contributed by atoms with Crippen molar-refractivity contribution in [2.24, 2.45) is 0 Å². The number of ether oxygens (including phenoxy) is 1. The standard InChI is InChI=1S/C14H16FNO2/c1-3-17-14-7-6-11(9-12(14)15)16-10(2)13-5-4-8-18-13/h4-10,16H,3H2,1-2H3. The maximum Gasteiger partial charge on any atom is 0.167 e. The van der Waals surface area contributed by atoms with Gasteiger partial charge in [-0.25, -0.2) is 4.39 Å². The van der Waals surface area contributed by atoms with Crippen molar-refractivity contribution >= 4 is 5.69 Å². The first-order chi connectivity index (χ1) is 8.70. The average molecular weight is 249 g/mol. The molecule has 0 saturated carbocycles. The molecule has 4 heteroatoms. The summed E-state index contributed by atoms with van der Waals surface area (Å²) in [7, 11) is 0. The molecule has 0 aliphatic rings. The lowest BCUT2D eigenvalue weighted by molar-refractivity contribution is 0.321. The minimum absolute atomic E-state index is 0.0163. The monoisotopic (exact) mass is 249 g/mol. The number of halogens is 1. The average Bonchev–Trinajstić information content (AvgIpc) is 2.86. The third-order valence-corrected chi connectivity index (χ3v) is 2.58. The van der Waals surface area contributed by atoms with E-state index in [-0.39, 0.29) is 17.6 Å². The molecule has 18 heavy (non-hydrogen) atoms. The molecule has 96 valence electrons. The van der Waals surface area contributed by atoms with E-state index in [0.29, 0.717) is 12.3 Å². The van der Waals surface area contributed by atoms with E-state index in [4.69, 9.17) is 9.15 Å². The molecule has 1 unspecified atom stereocenters. The summed E-state index contributed by atoms with van der Waals surface area (Å²) in [4.78, 5) is 0. The van der Waals surface area contributed by atoms with Crippen LogP contribution in [0.4, 0.5) is 10.1 Å². The Kier molecular flexibility index (Phi) is 3.87. The lowest BCUT2D eigenvalue weighted by atomic mass is 10.2. The van der Waals surface area contributed by atoms with Crippen LogP contribution < -0.4 is 10.1 Å². The van der Waals surface area contributed by atoms with Gasteiger partial charge in [0.05, 0.1) is 18.9 Å². The Balaban J connectivity index is 2.08. The summed E-state index contributed by atoms with van der Waals surface area (Å²) in [5.74, 6) is 0.714. The van der Waals surface area contributed by atoms with Gasteiger partial charge in [-0.1, -0.05) is 0 Å². The molecule has 1 atom stereocenters. The molecule has 1 heterocycles. The van der Waals surface area contributed by atoms with Crippen LogP contribution in [0.25, 0.3) is 0 Å². The Hall–Kier alpha value is -1.97. The number of hydrogen-bond acceptors (Lipinski definition) is 3. The molecule has 1 aromatic heterocycles. The Morgan fingerprint density at radius 1 is 1.39 bits per heavy atom. The molecular formula is C14H16FNO2. The van der Waals surface area contributed by atoms with Crippen molar-refractivity contribution < 1.29 is 13.5 Å². The quantitative estimate of drug-likeness (QED) is 0.870. The van der Waals surface area contributed by atoms with E-state index >= 15 is 0 Å². The summed E-state index contributed by atoms with van der Waals surface area (Å²) in [5, 5.41) is 3.17. The molecule has 3 nitrogen and oxygen atoms in total. The molecule has 0 aliphatic carbocycles. The number of nitrogens with one attached hydrogen (secondary N) is 1. The summed E-state index contributed by atoms with van der Waals surface area (Å²) in [6, 6.07) is 8.51. The number of furan rings is 1. The lowest BCUT2D eigenvalue weighted by Gasteiger charge is -2.14. The van der Waals surface area contributed by atoms with E-state index in [1.54, 1.807) is 18.4 Å². The molecule has 1 N–H and O–H groups in total. The van der Waals surface area contributed by atoms with E-state index in [1.807, 2.05) is 26.0 Å². The first-order valence-corrected chi connectivity index (χ1v) is 5.93. The fraction of sp³-hybridized carbons (Fsp3) is 0.286. The SMILES string of the molecule is CCOc1ccc(NC(C)c2ccco2)cc1F. The highest BCUT2D eigenvalue weighted by Gasteiger charge is 2.10. The molecule has 0 spiro atoms. The normalized spacial score (nSPS) is 12.2. The van der Waals surface area contributed by atoms with Crippen LogP contribution in [0.3, 0.4) is 0 Å². The maximum atomic E-state index is 13.6. The lowest BCUT2D eigenvalue weighted by Crippen LogP contribution is -2.06. The Bertz CT molecular complexity index is 497. The summed E-state index contributed by atoms with van der Waals surface area (Å²) in [6.07, 6.45) is 1.62. The van der Waals surface area contributed by atoms with Gasteiger partial charge in [0.15, 0.2) is 11.6 Å². The highest BCUT2D eigenvalue weighted by molar-refractivity contribution is 5.48. The van der Waals surface area contributed by atoms with Crippen molar-refractivity contribution in [1.29, 1.82) is 0 Å². The second kappa shape index (κ2) is 5.58. The Morgan fingerprint density at radius 2 is 2.22 bits per heavy atom. The number of anilines is 1. The van der Waals surface area contributed by atoms with Gasteiger partial charge in [-0.05, 0) is 38.1 Å². The van der Waals surface area contributed by atoms with Crippen molar-refractivity contribution in [3.05, 3.63) is 48.2 Å². The topological polar surface area (TPSA) is 34.4 Å². The predicted octanol–water partition coefficient (Wildman–Crippen LogP) is 3.99. The highest BCUT2D eigenvalue weighted by Crippen LogP contribution is 2.24. The second-order valence-corrected chi connectivity index (χ2v) is 3.96. The van der Waals surface area contributed by atoms with Crippen molar-refractivity contribution in [3.63, 3.8) is 0 Å². The minimum atomic E-state index is -0.367. The van der Waals surface area contributed by atoms with Gasteiger partial charge in [0.25, 0.3) is 0 Å². The summed E-state index contributed by atoms with van der Waals surface area (Å²) in [5.41, 5.74) is 0.694. The molecule has 0 radical (unpaired) electrons. The number of benzene rings is 1. The smallest absolute Gasteiger partial charge is 0.167 e. The fourth-order valence-electron chi connectivity index (χ4n) is 1.72. The maximum absolute atomic E-state index is 13.6. The van der Waals surface area contributed by atoms with Crippen LogP contribution >= 0.6 is 0 Å². The van der Waals surface area contributed by atoms with Crippen molar-refractivity contribution in [2.75, 3.05) is 11.9 Å². The predicted molar refractivity (Wildman–Crippen MR) is 68.3 cm³/mol. The van der Waals surface area contributed by atoms with Gasteiger partial charge in [0.2, 0.25) is 0 Å². The molecular weight excluding hydrogens is 233 g/mol. The van der Waals surface area contributed by atoms with Crippen molar-refractivity contribution in [3.8, 4) is 5.75 Å². The largest absolute Gasteiger partial charge is 0.491 e. The van der Waals surface area contributed by atoms with Crippen LogP contribution in [-0.4, -0.2) is 6.61 Å². The molecule has 2 aromatic rings. The van der Waals surface area contributed by atoms with Gasteiger partial charge >= 0.3 is 0 Å². The molecule has 1 aromatic carbocycles. The highest BCUT2D eigenvalue weighted by atomic mass is 19.1. The third-order valence-electron chi connectivity index (χ3n) is 2.58. The van der Waals surface area contributed by atoms with Gasteiger partial charge in [0, 0.05) is 11.8 Å². The van der Waals surface area contributed by atoms with E-state index in [9.17, 15) is 4.39 Å². The third kappa shape index (κ3) is 2.83. The van der Waals surface area contributed by atoms with Gasteiger partial charge in [-0.15, -0.1) is 0 Å². The van der Waals surface area contributed by atoms with Crippen molar-refractivity contribution in [2.45, 2.75) is 19.9 Å².